The van der Waals surface area contributed by atoms with E-state index in [1.807, 2.05) is 30.0 Å². The van der Waals surface area contributed by atoms with Gasteiger partial charge in [-0.2, -0.15) is 0 Å². The van der Waals surface area contributed by atoms with Gasteiger partial charge in [-0.3, -0.25) is 9.59 Å². The van der Waals surface area contributed by atoms with E-state index in [0.717, 1.165) is 38.5 Å². The third-order valence-corrected chi connectivity index (χ3v) is 4.91. The lowest BCUT2D eigenvalue weighted by atomic mass is 10.1. The smallest absolute Gasteiger partial charge is 0.258 e. The van der Waals surface area contributed by atoms with Gasteiger partial charge in [-0.1, -0.05) is 38.3 Å². The molecule has 2 aromatic rings. The number of H-pyrrole nitrogens is 1. The first kappa shape index (κ1) is 21.1. The Morgan fingerprint density at radius 3 is 2.67 bits per heavy atom. The maximum Gasteiger partial charge on any atom is 0.258 e. The van der Waals surface area contributed by atoms with Gasteiger partial charge in [0.15, 0.2) is 0 Å². The number of nitrogens with one attached hydrogen (secondary N) is 1. The lowest BCUT2D eigenvalue weighted by Crippen LogP contribution is -2.36. The number of amides is 1. The second-order valence-corrected chi connectivity index (χ2v) is 7.04. The molecule has 148 valence electrons. The number of benzene rings is 1. The number of nitrogens with zero attached hydrogens (tertiary/aromatic N) is 2. The van der Waals surface area contributed by atoms with Crippen molar-refractivity contribution in [2.45, 2.75) is 64.8 Å². The predicted octanol–water partition coefficient (Wildman–Crippen LogP) is 3.52. The van der Waals surface area contributed by atoms with Gasteiger partial charge in [0.1, 0.15) is 5.82 Å². The van der Waals surface area contributed by atoms with E-state index in [1.165, 1.54) is 0 Å². The number of aromatic nitrogens is 2. The number of para-hydroxylation sites is 1. The summed E-state index contributed by atoms with van der Waals surface area (Å²) in [6.07, 6.45) is 6.45. The zero-order valence-electron chi connectivity index (χ0n) is 16.5. The van der Waals surface area contributed by atoms with Gasteiger partial charge < -0.3 is 15.6 Å². The molecule has 0 bridgehead atoms. The summed E-state index contributed by atoms with van der Waals surface area (Å²) in [7, 11) is 0. The summed E-state index contributed by atoms with van der Waals surface area (Å²) in [6.45, 7) is 5.40. The maximum atomic E-state index is 12.8. The van der Waals surface area contributed by atoms with E-state index in [2.05, 4.69) is 16.9 Å². The maximum absolute atomic E-state index is 12.8. The summed E-state index contributed by atoms with van der Waals surface area (Å²) in [5.74, 6) is 0.671. The van der Waals surface area contributed by atoms with Crippen molar-refractivity contribution in [3.05, 3.63) is 40.4 Å². The zero-order chi connectivity index (χ0) is 19.6. The summed E-state index contributed by atoms with van der Waals surface area (Å²) < 4.78 is 0. The van der Waals surface area contributed by atoms with Crippen molar-refractivity contribution in [3.8, 4) is 0 Å². The lowest BCUT2D eigenvalue weighted by molar-refractivity contribution is -0.133. The van der Waals surface area contributed by atoms with Gasteiger partial charge >= 0.3 is 0 Å². The van der Waals surface area contributed by atoms with Gasteiger partial charge in [-0.25, -0.2) is 4.98 Å². The summed E-state index contributed by atoms with van der Waals surface area (Å²) in [6, 6.07) is 7.02. The molecule has 27 heavy (non-hydrogen) atoms. The summed E-state index contributed by atoms with van der Waals surface area (Å²) in [4.78, 5) is 34.5. The Labute approximate surface area is 161 Å². The number of fused-ring (bicyclic) bond motifs is 1. The van der Waals surface area contributed by atoms with Gasteiger partial charge in [-0.15, -0.1) is 0 Å². The molecule has 1 aromatic heterocycles. The molecule has 0 aliphatic carbocycles. The van der Waals surface area contributed by atoms with Gasteiger partial charge in [0.25, 0.3) is 5.56 Å². The van der Waals surface area contributed by atoms with Crippen LogP contribution >= 0.6 is 0 Å². The van der Waals surface area contributed by atoms with Crippen molar-refractivity contribution in [1.29, 1.82) is 0 Å². The van der Waals surface area contributed by atoms with E-state index < -0.39 is 0 Å². The Morgan fingerprint density at radius 2 is 1.93 bits per heavy atom. The van der Waals surface area contributed by atoms with Crippen LogP contribution in [0.15, 0.2) is 29.1 Å². The second kappa shape index (κ2) is 10.8. The van der Waals surface area contributed by atoms with E-state index in [4.69, 9.17) is 5.73 Å². The average molecular weight is 373 g/mol. The average Bonchev–Trinajstić information content (AvgIpc) is 2.68. The Morgan fingerprint density at radius 1 is 1.19 bits per heavy atom. The first-order chi connectivity index (χ1) is 13.1. The van der Waals surface area contributed by atoms with Crippen LogP contribution in [0.1, 0.15) is 70.7 Å². The fraction of sp³-hybridized carbons (Fsp3) is 0.571. The molecule has 0 saturated heterocycles. The molecule has 0 spiro atoms. The van der Waals surface area contributed by atoms with Crippen LogP contribution in [0.2, 0.25) is 0 Å². The number of hydrogen-bond donors (Lipinski definition) is 2. The number of unbranched alkanes of at least 4 members (excludes halogenated alkanes) is 4. The Balaban J connectivity index is 2.19. The summed E-state index contributed by atoms with van der Waals surface area (Å²) >= 11 is 0. The normalized spacial score (nSPS) is 12.3. The highest BCUT2D eigenvalue weighted by Gasteiger charge is 2.23. The molecule has 0 aliphatic heterocycles. The molecule has 0 saturated carbocycles. The quantitative estimate of drug-likeness (QED) is 0.590. The van der Waals surface area contributed by atoms with Crippen LogP contribution in [0.4, 0.5) is 0 Å². The van der Waals surface area contributed by atoms with Gasteiger partial charge in [-0.05, 0) is 44.9 Å². The first-order valence-corrected chi connectivity index (χ1v) is 10.1. The highest BCUT2D eigenvalue weighted by atomic mass is 16.2. The molecule has 1 atom stereocenters. The van der Waals surface area contributed by atoms with E-state index in [0.29, 0.717) is 36.2 Å². The fourth-order valence-corrected chi connectivity index (χ4v) is 3.24. The molecule has 0 fully saturated rings. The molecule has 1 aromatic carbocycles. The summed E-state index contributed by atoms with van der Waals surface area (Å²) in [5.41, 5.74) is 6.05. The highest BCUT2D eigenvalue weighted by Crippen LogP contribution is 2.20. The Kier molecular flexibility index (Phi) is 8.45. The van der Waals surface area contributed by atoms with Crippen molar-refractivity contribution in [3.63, 3.8) is 0 Å². The number of hydrogen-bond acceptors (Lipinski definition) is 4. The SMILES string of the molecule is CCCCC(=O)N(CCCCCCN)[C@H](C)c1nc2ccccc2c(=O)[nH]1. The Hall–Kier alpha value is -2.21. The first-order valence-electron chi connectivity index (χ1n) is 10.1. The summed E-state index contributed by atoms with van der Waals surface area (Å²) in [5, 5.41) is 0.569. The largest absolute Gasteiger partial charge is 0.333 e. The third kappa shape index (κ3) is 5.89. The molecule has 6 heteroatoms. The topological polar surface area (TPSA) is 92.1 Å². The van der Waals surface area contributed by atoms with Gasteiger partial charge in [0.2, 0.25) is 5.91 Å². The second-order valence-electron chi connectivity index (χ2n) is 7.04. The van der Waals surface area contributed by atoms with Gasteiger partial charge in [0.05, 0.1) is 16.9 Å². The number of nitrogens with two attached hydrogens (primary N) is 1. The minimum Gasteiger partial charge on any atom is -0.333 e. The van der Waals surface area contributed by atoms with E-state index in [1.54, 1.807) is 6.07 Å². The number of carbonyl (C=O) groups is 1. The predicted molar refractivity (Wildman–Crippen MR) is 110 cm³/mol. The van der Waals surface area contributed by atoms with Crippen LogP contribution in [0.25, 0.3) is 10.9 Å². The van der Waals surface area contributed by atoms with Crippen molar-refractivity contribution in [2.24, 2.45) is 5.73 Å². The standard InChI is InChI=1S/C21H32N4O2/c1-3-4-13-19(26)25(15-10-6-5-9-14-22)16(2)20-23-18-12-8-7-11-17(18)21(27)24-20/h7-8,11-12,16H,3-6,9-10,13-15,22H2,1-2H3,(H,23,24,27)/t16-/m1/s1. The third-order valence-electron chi connectivity index (χ3n) is 4.91. The minimum absolute atomic E-state index is 0.124. The van der Waals surface area contributed by atoms with Crippen LogP contribution in [-0.2, 0) is 4.79 Å². The van der Waals surface area contributed by atoms with Crippen molar-refractivity contribution in [1.82, 2.24) is 14.9 Å². The molecule has 3 N–H and O–H groups in total. The number of aromatic amines is 1. The van der Waals surface area contributed by atoms with Crippen LogP contribution in [-0.4, -0.2) is 33.9 Å². The van der Waals surface area contributed by atoms with Crippen LogP contribution < -0.4 is 11.3 Å². The van der Waals surface area contributed by atoms with Crippen molar-refractivity contribution >= 4 is 16.8 Å². The molecule has 1 heterocycles. The van der Waals surface area contributed by atoms with Gasteiger partial charge in [0, 0.05) is 13.0 Å². The zero-order valence-corrected chi connectivity index (χ0v) is 16.5. The monoisotopic (exact) mass is 372 g/mol. The van der Waals surface area contributed by atoms with Crippen LogP contribution in [0, 0.1) is 0 Å². The molecular formula is C21H32N4O2. The van der Waals surface area contributed by atoms with Crippen LogP contribution in [0.5, 0.6) is 0 Å². The molecule has 0 radical (unpaired) electrons. The molecule has 0 unspecified atom stereocenters. The molecule has 1 amide bonds. The van der Waals surface area contributed by atoms with Crippen molar-refractivity contribution in [2.75, 3.05) is 13.1 Å². The number of carbonyl (C=O) groups excluding carboxylic acids is 1. The molecular weight excluding hydrogens is 340 g/mol. The van der Waals surface area contributed by atoms with E-state index in [9.17, 15) is 9.59 Å². The molecule has 2 rings (SSSR count). The Bertz CT molecular complexity index is 787. The molecule has 0 aliphatic rings. The van der Waals surface area contributed by atoms with Crippen molar-refractivity contribution < 1.29 is 4.79 Å². The van der Waals surface area contributed by atoms with E-state index in [-0.39, 0.29) is 17.5 Å². The van der Waals surface area contributed by atoms with Crippen LogP contribution in [0.3, 0.4) is 0 Å². The van der Waals surface area contributed by atoms with E-state index >= 15 is 0 Å². The molecule has 6 nitrogen and oxygen atoms in total. The fourth-order valence-electron chi connectivity index (χ4n) is 3.24. The lowest BCUT2D eigenvalue weighted by Gasteiger charge is -2.29. The highest BCUT2D eigenvalue weighted by molar-refractivity contribution is 5.78. The minimum atomic E-state index is -0.263. The number of rotatable bonds is 11.